The fourth-order valence-electron chi connectivity index (χ4n) is 6.34. The Hall–Kier alpha value is -0.0500. The molecule has 0 aromatic carbocycles. The molecule has 7 atom stereocenters. The molecule has 0 aromatic heterocycles. The van der Waals surface area contributed by atoms with Crippen LogP contribution in [0.2, 0.25) is 0 Å². The van der Waals surface area contributed by atoms with E-state index in [1.807, 2.05) is 5.57 Å². The van der Waals surface area contributed by atoms with Gasteiger partial charge in [-0.05, 0) is 107 Å². The van der Waals surface area contributed by atoms with Crippen molar-refractivity contribution in [1.29, 1.82) is 0 Å². The summed E-state index contributed by atoms with van der Waals surface area (Å²) < 4.78 is 0.787. The van der Waals surface area contributed by atoms with E-state index >= 15 is 0 Å². The molecule has 2 saturated carbocycles. The second kappa shape index (κ2) is 8.31. The van der Waals surface area contributed by atoms with Crippen molar-refractivity contribution >= 4 is 22.6 Å². The van der Waals surface area contributed by atoms with Gasteiger partial charge in [-0.25, -0.2) is 0 Å². The maximum atomic E-state index is 2.62. The van der Waals surface area contributed by atoms with Crippen molar-refractivity contribution in [3.63, 3.8) is 0 Å². The molecule has 1 heteroatoms. The molecular weight excluding hydrogens is 415 g/mol. The van der Waals surface area contributed by atoms with Gasteiger partial charge in [-0.15, -0.1) is 0 Å². The fraction of sp³-hybridized carbons (Fsp3) is 0.750. The summed E-state index contributed by atoms with van der Waals surface area (Å²) in [5.41, 5.74) is 1.81. The minimum atomic E-state index is 0.787. The van der Waals surface area contributed by atoms with Crippen molar-refractivity contribution in [2.75, 3.05) is 0 Å². The Balaban J connectivity index is 1.36. The van der Waals surface area contributed by atoms with Crippen molar-refractivity contribution in [2.24, 2.45) is 35.5 Å². The second-order valence-corrected chi connectivity index (χ2v) is 10.8. The number of allylic oxidation sites excluding steroid dienone is 6. The molecule has 0 spiro atoms. The van der Waals surface area contributed by atoms with Crippen LogP contribution in [-0.4, -0.2) is 3.92 Å². The van der Waals surface area contributed by atoms with Crippen LogP contribution in [0.3, 0.4) is 0 Å². The lowest BCUT2D eigenvalue weighted by molar-refractivity contribution is 0.185. The number of rotatable bonds is 3. The van der Waals surface area contributed by atoms with E-state index in [9.17, 15) is 0 Å². The molecule has 7 unspecified atom stereocenters. The highest BCUT2D eigenvalue weighted by Crippen LogP contribution is 2.47. The van der Waals surface area contributed by atoms with Crippen LogP contribution in [-0.2, 0) is 0 Å². The average molecular weight is 450 g/mol. The highest BCUT2D eigenvalue weighted by atomic mass is 127. The third kappa shape index (κ3) is 4.28. The maximum absolute atomic E-state index is 2.62. The summed E-state index contributed by atoms with van der Waals surface area (Å²) in [6.07, 6.45) is 27.0. The molecule has 4 aliphatic rings. The summed E-state index contributed by atoms with van der Waals surface area (Å²) in [5.74, 6) is 5.60. The third-order valence-electron chi connectivity index (χ3n) is 7.81. The van der Waals surface area contributed by atoms with Crippen LogP contribution in [0.1, 0.15) is 71.1 Å². The molecule has 4 rings (SSSR count). The van der Waals surface area contributed by atoms with E-state index in [2.05, 4.69) is 59.9 Å². The van der Waals surface area contributed by atoms with Crippen molar-refractivity contribution in [3.05, 3.63) is 36.0 Å². The van der Waals surface area contributed by atoms with Crippen LogP contribution in [0.15, 0.2) is 36.0 Å². The van der Waals surface area contributed by atoms with Gasteiger partial charge in [0, 0.05) is 3.92 Å². The molecule has 0 bridgehead atoms. The van der Waals surface area contributed by atoms with Gasteiger partial charge in [0.15, 0.2) is 0 Å². The first kappa shape index (κ1) is 18.3. The largest absolute Gasteiger partial charge is 0.0882 e. The van der Waals surface area contributed by atoms with E-state index in [1.54, 1.807) is 0 Å². The van der Waals surface area contributed by atoms with Crippen LogP contribution in [0.5, 0.6) is 0 Å². The molecule has 0 aromatic rings. The van der Waals surface area contributed by atoms with E-state index < -0.39 is 0 Å². The highest BCUT2D eigenvalue weighted by molar-refractivity contribution is 14.1. The maximum Gasteiger partial charge on any atom is 0.0292 e. The topological polar surface area (TPSA) is 0 Å². The molecule has 0 heterocycles. The minimum Gasteiger partial charge on any atom is -0.0882 e. The molecular formula is C24H35I. The fourth-order valence-corrected chi connectivity index (χ4v) is 7.23. The number of fused-ring (bicyclic) bond motifs is 2. The lowest BCUT2D eigenvalue weighted by atomic mass is 9.65. The van der Waals surface area contributed by atoms with E-state index in [0.29, 0.717) is 0 Å². The zero-order valence-corrected chi connectivity index (χ0v) is 18.0. The first-order chi connectivity index (χ1) is 12.2. The Kier molecular flexibility index (Phi) is 6.09. The van der Waals surface area contributed by atoms with Gasteiger partial charge >= 0.3 is 0 Å². The summed E-state index contributed by atoms with van der Waals surface area (Å²) >= 11 is 2.62. The molecule has 0 nitrogen and oxygen atoms in total. The summed E-state index contributed by atoms with van der Waals surface area (Å²) in [6.45, 7) is 2.31. The van der Waals surface area contributed by atoms with Gasteiger partial charge in [0.25, 0.3) is 0 Å². The standard InChI is InChI=1S/C24H35I/c1-2-18(13-17-7-8-19-5-3-4-6-20(19)14-17)21-9-10-23-16-24(25)12-11-22(23)15-21/h2,4,6,11-12,17,19-24H,3,5,7-10,13-16H2,1H3/b18-2+. The second-order valence-electron chi connectivity index (χ2n) is 9.25. The molecule has 0 radical (unpaired) electrons. The lowest BCUT2D eigenvalue weighted by Gasteiger charge is -2.41. The molecule has 0 saturated heterocycles. The number of hydrogen-bond donors (Lipinski definition) is 0. The molecule has 0 aliphatic heterocycles. The van der Waals surface area contributed by atoms with Crippen molar-refractivity contribution in [3.8, 4) is 0 Å². The number of alkyl halides is 1. The van der Waals surface area contributed by atoms with Crippen molar-refractivity contribution in [2.45, 2.75) is 75.1 Å². The van der Waals surface area contributed by atoms with Crippen LogP contribution in [0, 0.1) is 35.5 Å². The van der Waals surface area contributed by atoms with Gasteiger partial charge in [-0.2, -0.15) is 0 Å². The van der Waals surface area contributed by atoms with Gasteiger partial charge in [0.05, 0.1) is 0 Å². The van der Waals surface area contributed by atoms with Crippen molar-refractivity contribution in [1.82, 2.24) is 0 Å². The zero-order chi connectivity index (χ0) is 17.2. The predicted molar refractivity (Wildman–Crippen MR) is 117 cm³/mol. The smallest absolute Gasteiger partial charge is 0.0292 e. The molecule has 138 valence electrons. The molecule has 0 amide bonds. The van der Waals surface area contributed by atoms with E-state index in [0.717, 1.165) is 39.4 Å². The third-order valence-corrected chi connectivity index (χ3v) is 8.73. The van der Waals surface area contributed by atoms with Crippen molar-refractivity contribution < 1.29 is 0 Å². The summed E-state index contributed by atoms with van der Waals surface area (Å²) in [7, 11) is 0. The van der Waals surface area contributed by atoms with E-state index in [1.165, 1.54) is 64.2 Å². The predicted octanol–water partition coefficient (Wildman–Crippen LogP) is 7.50. The quantitative estimate of drug-likeness (QED) is 0.237. The van der Waals surface area contributed by atoms with Crippen LogP contribution >= 0.6 is 22.6 Å². The van der Waals surface area contributed by atoms with E-state index in [-0.39, 0.29) is 0 Å². The van der Waals surface area contributed by atoms with E-state index in [4.69, 9.17) is 0 Å². The SMILES string of the molecule is C/C=C(\CC1CCC2CCC=CC2C1)C1CCC2CC(I)C=CC2C1. The molecule has 0 N–H and O–H groups in total. The number of hydrogen-bond acceptors (Lipinski definition) is 0. The Morgan fingerprint density at radius 3 is 2.64 bits per heavy atom. The van der Waals surface area contributed by atoms with Crippen LogP contribution in [0.4, 0.5) is 0 Å². The summed E-state index contributed by atoms with van der Waals surface area (Å²) in [6, 6.07) is 0. The van der Waals surface area contributed by atoms with Gasteiger partial charge in [-0.1, -0.05) is 58.5 Å². The molecule has 25 heavy (non-hydrogen) atoms. The van der Waals surface area contributed by atoms with Crippen LogP contribution < -0.4 is 0 Å². The normalized spacial score (nSPS) is 44.2. The average Bonchev–Trinajstić information content (AvgIpc) is 2.65. The number of halogens is 1. The zero-order valence-electron chi connectivity index (χ0n) is 15.9. The molecule has 4 aliphatic carbocycles. The van der Waals surface area contributed by atoms with Gasteiger partial charge in [0.2, 0.25) is 0 Å². The Morgan fingerprint density at radius 2 is 1.76 bits per heavy atom. The van der Waals surface area contributed by atoms with Crippen LogP contribution in [0.25, 0.3) is 0 Å². The first-order valence-electron chi connectivity index (χ1n) is 10.9. The summed E-state index contributed by atoms with van der Waals surface area (Å²) in [5, 5.41) is 0. The lowest BCUT2D eigenvalue weighted by Crippen LogP contribution is -2.30. The molecule has 2 fully saturated rings. The Labute approximate surface area is 168 Å². The monoisotopic (exact) mass is 450 g/mol. The van der Waals surface area contributed by atoms with Gasteiger partial charge in [0.1, 0.15) is 0 Å². The Bertz CT molecular complexity index is 542. The summed E-state index contributed by atoms with van der Waals surface area (Å²) in [4.78, 5) is 0. The van der Waals surface area contributed by atoms with Gasteiger partial charge < -0.3 is 0 Å². The highest BCUT2D eigenvalue weighted by Gasteiger charge is 2.35. The minimum absolute atomic E-state index is 0.787. The first-order valence-corrected chi connectivity index (χ1v) is 12.1. The van der Waals surface area contributed by atoms with Gasteiger partial charge in [-0.3, -0.25) is 0 Å². The Morgan fingerprint density at radius 1 is 0.920 bits per heavy atom.